The molecule has 0 unspecified atom stereocenters. The van der Waals surface area contributed by atoms with Crippen LogP contribution < -0.4 is 4.98 Å². The number of fused-ring (bicyclic) bond motifs is 11. The summed E-state index contributed by atoms with van der Waals surface area (Å²) in [6.45, 7) is 13.4. The summed E-state index contributed by atoms with van der Waals surface area (Å²) in [5.74, 6) is 2.07. The van der Waals surface area contributed by atoms with E-state index < -0.39 is 0 Å². The molecule has 0 N–H and O–H groups in total. The Morgan fingerprint density at radius 2 is 1.51 bits per heavy atom. The van der Waals surface area contributed by atoms with E-state index in [1.807, 2.05) is 12.3 Å². The number of hydrogen-bond donors (Lipinski definition) is 0. The average Bonchev–Trinajstić information content (AvgIpc) is 4.04. The molecule has 6 nitrogen and oxygen atoms in total. The Morgan fingerprint density at radius 1 is 0.683 bits per heavy atom. The molecule has 7 heteroatoms. The first-order valence-electron chi connectivity index (χ1n) is 21.5. The normalized spacial score (nSPS) is 12.3. The summed E-state index contributed by atoms with van der Waals surface area (Å²) in [6.07, 6.45) is 1.92. The summed E-state index contributed by atoms with van der Waals surface area (Å²) in [7, 11) is 0. The van der Waals surface area contributed by atoms with E-state index in [4.69, 9.17) is 19.4 Å². The number of furan rings is 1. The van der Waals surface area contributed by atoms with Crippen molar-refractivity contribution in [3.63, 3.8) is 0 Å². The number of para-hydroxylation sites is 3. The van der Waals surface area contributed by atoms with Gasteiger partial charge in [-0.05, 0) is 94.2 Å². The monoisotopic (exact) mass is 996 g/mol. The number of imidazole rings is 1. The van der Waals surface area contributed by atoms with Crippen molar-refractivity contribution in [1.82, 2.24) is 24.1 Å². The maximum atomic E-state index is 6.74. The molecule has 308 valence electrons. The van der Waals surface area contributed by atoms with Gasteiger partial charge in [0.05, 0.1) is 11.0 Å². The van der Waals surface area contributed by atoms with E-state index in [0.717, 1.165) is 105 Å². The second kappa shape index (κ2) is 14.4. The molecule has 0 radical (unpaired) electrons. The fourth-order valence-electron chi connectivity index (χ4n) is 9.51. The maximum absolute atomic E-state index is 6.74. The molecule has 5 aromatic heterocycles. The first-order valence-corrected chi connectivity index (χ1v) is 21.5. The molecule has 12 rings (SSSR count). The molecule has 0 fully saturated rings. The third-order valence-electron chi connectivity index (χ3n) is 12.7. The number of aryl methyl sites for hydroxylation is 1. The largest absolute Gasteiger partial charge is 2.00 e. The Balaban J connectivity index is 0.00000444. The van der Waals surface area contributed by atoms with Crippen molar-refractivity contribution in [1.29, 1.82) is 0 Å². The third kappa shape index (κ3) is 6.02. The van der Waals surface area contributed by atoms with Gasteiger partial charge in [-0.25, -0.2) is 9.97 Å². The minimum Gasteiger partial charge on any atom is -0.656 e. The van der Waals surface area contributed by atoms with Crippen LogP contribution in [0, 0.1) is 13.0 Å². The molecule has 0 spiro atoms. The number of pyridine rings is 1. The smallest absolute Gasteiger partial charge is 0.656 e. The first-order chi connectivity index (χ1) is 30.1. The predicted molar refractivity (Wildman–Crippen MR) is 256 cm³/mol. The van der Waals surface area contributed by atoms with Gasteiger partial charge in [-0.15, -0.1) is 34.8 Å². The summed E-state index contributed by atoms with van der Waals surface area (Å²) < 4.78 is 11.3. The molecular weight excluding hydrogens is 954 g/mol. The summed E-state index contributed by atoms with van der Waals surface area (Å²) in [5, 5.41) is 6.53. The fraction of sp³-hybridized carbons (Fsp3) is 0.143. The second-order valence-corrected chi connectivity index (χ2v) is 18.1. The standard InChI is InChI=1S/C56H43N5O.Pt/c1-32(2)34-25-26-57-50(29-34)61-46-24-19-33(3)27-41(46)39-22-20-35(28-48(39)61)38-16-12-17-47-52(38)59-55(60(47)37-13-8-7-9-14-37)44-31-42-40-15-10-11-18-49(40)62-54(42)51-43-30-36(56(4,5)6)21-23-45(43)58-53(44)51;/h7-27,29-32H,1-6H3;/q-2;+2. The summed E-state index contributed by atoms with van der Waals surface area (Å²) >= 11 is 0. The molecule has 0 saturated carbocycles. The Hall–Kier alpha value is -6.75. The van der Waals surface area contributed by atoms with Crippen LogP contribution in [0.15, 0.2) is 150 Å². The fourth-order valence-corrected chi connectivity index (χ4v) is 9.51. The molecule has 0 amide bonds. The van der Waals surface area contributed by atoms with E-state index in [1.54, 1.807) is 0 Å². The van der Waals surface area contributed by atoms with Gasteiger partial charge >= 0.3 is 21.1 Å². The van der Waals surface area contributed by atoms with Crippen molar-refractivity contribution in [2.45, 2.75) is 52.9 Å². The molecule has 0 bridgehead atoms. The van der Waals surface area contributed by atoms with Crippen LogP contribution in [0.2, 0.25) is 0 Å². The van der Waals surface area contributed by atoms with Crippen LogP contribution in [0.1, 0.15) is 57.2 Å². The topological polar surface area (TPSA) is 62.9 Å². The van der Waals surface area contributed by atoms with Gasteiger partial charge in [0, 0.05) is 39.1 Å². The number of rotatable bonds is 5. The zero-order valence-corrected chi connectivity index (χ0v) is 38.2. The van der Waals surface area contributed by atoms with Gasteiger partial charge in [0.2, 0.25) is 0 Å². The first kappa shape index (κ1) is 39.1. The van der Waals surface area contributed by atoms with Gasteiger partial charge in [0.25, 0.3) is 0 Å². The van der Waals surface area contributed by atoms with Crippen molar-refractivity contribution < 1.29 is 25.5 Å². The number of hydrogen-bond acceptors (Lipinski definition) is 3. The second-order valence-electron chi connectivity index (χ2n) is 18.1. The van der Waals surface area contributed by atoms with Crippen LogP contribution in [0.4, 0.5) is 0 Å². The van der Waals surface area contributed by atoms with Crippen LogP contribution in [-0.2, 0) is 26.5 Å². The zero-order valence-electron chi connectivity index (χ0n) is 35.9. The van der Waals surface area contributed by atoms with E-state index in [1.165, 1.54) is 22.1 Å². The van der Waals surface area contributed by atoms with Gasteiger partial charge in [-0.1, -0.05) is 130 Å². The van der Waals surface area contributed by atoms with Crippen LogP contribution in [0.5, 0.6) is 0 Å². The Labute approximate surface area is 379 Å². The van der Waals surface area contributed by atoms with Crippen molar-refractivity contribution in [3.8, 4) is 34.0 Å². The molecule has 0 aliphatic rings. The molecule has 0 atom stereocenters. The summed E-state index contributed by atoms with van der Waals surface area (Å²) in [5.41, 5.74) is 15.1. The minimum atomic E-state index is -0.0396. The maximum Gasteiger partial charge on any atom is 2.00 e. The molecule has 5 heterocycles. The van der Waals surface area contributed by atoms with Gasteiger partial charge < -0.3 is 14.0 Å². The van der Waals surface area contributed by atoms with Crippen LogP contribution >= 0.6 is 0 Å². The van der Waals surface area contributed by atoms with Crippen LogP contribution in [0.25, 0.3) is 111 Å². The van der Waals surface area contributed by atoms with Crippen molar-refractivity contribution in [2.24, 2.45) is 0 Å². The molecule has 0 saturated heterocycles. The minimum absolute atomic E-state index is 0. The Kier molecular flexibility index (Phi) is 8.94. The van der Waals surface area contributed by atoms with Gasteiger partial charge in [0.1, 0.15) is 22.8 Å². The van der Waals surface area contributed by atoms with Gasteiger partial charge in [-0.3, -0.25) is 4.57 Å². The van der Waals surface area contributed by atoms with Crippen molar-refractivity contribution in [3.05, 3.63) is 168 Å². The molecular formula is C56H43N5OPt. The average molecular weight is 997 g/mol. The van der Waals surface area contributed by atoms with Gasteiger partial charge in [0.15, 0.2) is 0 Å². The molecule has 0 aliphatic heterocycles. The number of aromatic nitrogens is 5. The zero-order chi connectivity index (χ0) is 42.0. The van der Waals surface area contributed by atoms with E-state index in [9.17, 15) is 0 Å². The summed E-state index contributed by atoms with van der Waals surface area (Å²) in [6, 6.07) is 53.6. The van der Waals surface area contributed by atoms with E-state index in [2.05, 4.69) is 190 Å². The molecule has 63 heavy (non-hydrogen) atoms. The number of nitrogens with zero attached hydrogens (tertiary/aromatic N) is 5. The molecule has 0 aliphatic carbocycles. The third-order valence-corrected chi connectivity index (χ3v) is 12.7. The Bertz CT molecular complexity index is 3780. The van der Waals surface area contributed by atoms with E-state index in [-0.39, 0.29) is 26.5 Å². The van der Waals surface area contributed by atoms with E-state index >= 15 is 0 Å². The van der Waals surface area contributed by atoms with E-state index in [0.29, 0.717) is 5.92 Å². The summed E-state index contributed by atoms with van der Waals surface area (Å²) in [4.78, 5) is 16.0. The van der Waals surface area contributed by atoms with Crippen LogP contribution in [-0.4, -0.2) is 19.1 Å². The predicted octanol–water partition coefficient (Wildman–Crippen LogP) is 14.5. The Morgan fingerprint density at radius 3 is 2.33 bits per heavy atom. The quantitative estimate of drug-likeness (QED) is 0.161. The van der Waals surface area contributed by atoms with Crippen LogP contribution in [0.3, 0.4) is 0 Å². The number of benzene rings is 7. The SMILES string of the molecule is Cc1ccc2c(c1)c1ccc(-c3cccc4c3nc(-c3cc5c6ccccc6oc5c5c3[n-]c3ccc(C(C)(C)C)cc35)n4-c3ccccc3)[c-]c1n2-c1cc(C(C)C)ccn1.[Pt+2]. The van der Waals surface area contributed by atoms with Crippen molar-refractivity contribution in [2.75, 3.05) is 0 Å². The molecule has 7 aromatic carbocycles. The van der Waals surface area contributed by atoms with Gasteiger partial charge in [-0.2, -0.15) is 0 Å². The van der Waals surface area contributed by atoms with Crippen molar-refractivity contribution >= 4 is 76.6 Å². The molecule has 12 aromatic rings.